The van der Waals surface area contributed by atoms with E-state index in [4.69, 9.17) is 0 Å². The van der Waals surface area contributed by atoms with E-state index < -0.39 is 11.0 Å². The first kappa shape index (κ1) is 10.7. The van der Waals surface area contributed by atoms with Gasteiger partial charge in [0.25, 0.3) is 11.0 Å². The van der Waals surface area contributed by atoms with E-state index in [9.17, 15) is 8.42 Å². The van der Waals surface area contributed by atoms with Crippen LogP contribution in [0.2, 0.25) is 0 Å². The third-order valence-corrected chi connectivity index (χ3v) is 2.50. The van der Waals surface area contributed by atoms with Gasteiger partial charge in [0, 0.05) is 5.33 Å². The summed E-state index contributed by atoms with van der Waals surface area (Å²) in [7, 11) is -2.74. The molecule has 0 fully saturated rings. The van der Waals surface area contributed by atoms with Gasteiger partial charge in [-0.3, -0.25) is 4.18 Å². The molecule has 0 aliphatic rings. The zero-order valence-corrected chi connectivity index (χ0v) is 9.25. The van der Waals surface area contributed by atoms with E-state index in [1.54, 1.807) is 0 Å². The molecule has 72 valence electrons. The third kappa shape index (κ3) is 3.89. The van der Waals surface area contributed by atoms with Gasteiger partial charge in [-0.2, -0.15) is 0 Å². The summed E-state index contributed by atoms with van der Waals surface area (Å²) in [5, 5.41) is 0.796. The minimum Gasteiger partial charge on any atom is -0.267 e. The van der Waals surface area contributed by atoms with Gasteiger partial charge in [-0.25, -0.2) is 8.42 Å². The summed E-state index contributed by atoms with van der Waals surface area (Å²) in [6, 6.07) is 7.53. The largest absolute Gasteiger partial charge is 0.267 e. The highest BCUT2D eigenvalue weighted by Crippen LogP contribution is 2.08. The topological polar surface area (TPSA) is 43.4 Å². The van der Waals surface area contributed by atoms with Crippen LogP contribution >= 0.6 is 15.9 Å². The zero-order valence-electron chi connectivity index (χ0n) is 6.77. The van der Waals surface area contributed by atoms with Gasteiger partial charge in [-0.15, -0.1) is 0 Å². The average molecular weight is 265 g/mol. The fourth-order valence-electron chi connectivity index (χ4n) is 0.852. The molecule has 1 aromatic carbocycles. The van der Waals surface area contributed by atoms with Gasteiger partial charge < -0.3 is 0 Å². The van der Waals surface area contributed by atoms with E-state index in [0.29, 0.717) is 0 Å². The molecule has 0 bridgehead atoms. The molecule has 0 N–H and O–H groups in total. The van der Waals surface area contributed by atoms with Crippen LogP contribution in [0.3, 0.4) is 0 Å². The monoisotopic (exact) mass is 264 g/mol. The number of hydrogen-bond acceptors (Lipinski definition) is 3. The van der Waals surface area contributed by atoms with Crippen molar-refractivity contribution in [2.24, 2.45) is 0 Å². The number of benzene rings is 1. The van der Waals surface area contributed by atoms with Crippen LogP contribution in [0.25, 0.3) is 0 Å². The molecule has 13 heavy (non-hydrogen) atoms. The van der Waals surface area contributed by atoms with Crippen LogP contribution in [-0.4, -0.2) is 8.42 Å². The van der Waals surface area contributed by atoms with E-state index in [2.05, 4.69) is 20.1 Å². The lowest BCUT2D eigenvalue weighted by molar-refractivity contribution is 0.323. The number of thiol groups is 1. The van der Waals surface area contributed by atoms with Crippen molar-refractivity contribution in [3.8, 4) is 0 Å². The molecule has 0 spiro atoms. The molecule has 1 aromatic rings. The fraction of sp³-hybridized carbons (Fsp3) is 0.250. The van der Waals surface area contributed by atoms with Gasteiger partial charge >= 0.3 is 0 Å². The van der Waals surface area contributed by atoms with Crippen LogP contribution in [0.5, 0.6) is 0 Å². The summed E-state index contributed by atoms with van der Waals surface area (Å²) >= 11 is 3.32. The average Bonchev–Trinajstić information content (AvgIpc) is 2.15. The predicted molar refractivity (Wildman–Crippen MR) is 54.2 cm³/mol. The van der Waals surface area contributed by atoms with Gasteiger partial charge in [0.1, 0.15) is 0 Å². The van der Waals surface area contributed by atoms with Crippen molar-refractivity contribution in [1.29, 1.82) is 0 Å². The molecule has 0 aromatic heterocycles. The Bertz CT molecular complexity index is 324. The first-order chi connectivity index (χ1) is 6.22. The van der Waals surface area contributed by atoms with E-state index >= 15 is 0 Å². The number of halogens is 1. The van der Waals surface area contributed by atoms with Crippen LogP contribution < -0.4 is 0 Å². The second-order valence-corrected chi connectivity index (χ2v) is 3.71. The molecule has 0 saturated heterocycles. The highest BCUT2D eigenvalue weighted by molar-refractivity contribution is 9.08. The maximum Gasteiger partial charge on any atom is 0.257 e. The minimum absolute atomic E-state index is 0.112. The standard InChI is InChI=1S/C8H9BrO3S/c9-5-7-1-3-8(4-2-7)6-12-13(10)11/h1-4,13H,5-6H2. The molecule has 0 radical (unpaired) electrons. The summed E-state index contributed by atoms with van der Waals surface area (Å²) < 4.78 is 24.6. The van der Waals surface area contributed by atoms with Crippen LogP contribution in [0.4, 0.5) is 0 Å². The van der Waals surface area contributed by atoms with E-state index in [-0.39, 0.29) is 6.61 Å². The summed E-state index contributed by atoms with van der Waals surface area (Å²) in [5.41, 5.74) is 2.00. The highest BCUT2D eigenvalue weighted by atomic mass is 79.9. The van der Waals surface area contributed by atoms with Crippen molar-refractivity contribution in [2.75, 3.05) is 0 Å². The van der Waals surface area contributed by atoms with Crippen molar-refractivity contribution >= 4 is 26.9 Å². The smallest absolute Gasteiger partial charge is 0.257 e. The minimum atomic E-state index is -2.74. The van der Waals surface area contributed by atoms with Crippen LogP contribution in [0.1, 0.15) is 11.1 Å². The Kier molecular flexibility index (Phi) is 4.41. The fourth-order valence-corrected chi connectivity index (χ4v) is 1.48. The summed E-state index contributed by atoms with van der Waals surface area (Å²) in [4.78, 5) is 0. The SMILES string of the molecule is O=[SH](=O)OCc1ccc(CBr)cc1. The lowest BCUT2D eigenvalue weighted by atomic mass is 10.2. The van der Waals surface area contributed by atoms with Crippen molar-refractivity contribution < 1.29 is 12.6 Å². The molecule has 0 unspecified atom stereocenters. The molecule has 0 saturated carbocycles. The molecule has 0 amide bonds. The first-order valence-electron chi connectivity index (χ1n) is 3.63. The molecular weight excluding hydrogens is 256 g/mol. The Hall–Kier alpha value is -0.390. The van der Waals surface area contributed by atoms with Gasteiger partial charge in [0.2, 0.25) is 0 Å². The summed E-state index contributed by atoms with van der Waals surface area (Å²) in [6.45, 7) is 0.112. The van der Waals surface area contributed by atoms with Gasteiger partial charge in [0.15, 0.2) is 0 Å². The molecule has 0 heterocycles. The summed E-state index contributed by atoms with van der Waals surface area (Å²) in [6.07, 6.45) is 0. The third-order valence-electron chi connectivity index (χ3n) is 1.51. The maximum absolute atomic E-state index is 10.1. The molecule has 5 heteroatoms. The van der Waals surface area contributed by atoms with Crippen LogP contribution in [0, 0.1) is 0 Å². The number of alkyl halides is 1. The number of hydrogen-bond donors (Lipinski definition) is 1. The second-order valence-electron chi connectivity index (χ2n) is 2.45. The van der Waals surface area contributed by atoms with E-state index in [0.717, 1.165) is 16.5 Å². The van der Waals surface area contributed by atoms with Gasteiger partial charge in [-0.05, 0) is 11.1 Å². The van der Waals surface area contributed by atoms with Crippen LogP contribution in [0.15, 0.2) is 24.3 Å². The Morgan fingerprint density at radius 3 is 2.15 bits per heavy atom. The molecular formula is C8H9BrO3S. The van der Waals surface area contributed by atoms with Crippen LogP contribution in [-0.2, 0) is 27.1 Å². The van der Waals surface area contributed by atoms with Crippen molar-refractivity contribution in [3.05, 3.63) is 35.4 Å². The normalized spacial score (nSPS) is 10.6. The van der Waals surface area contributed by atoms with Gasteiger partial charge in [-0.1, -0.05) is 40.2 Å². The Labute approximate surface area is 87.0 Å². The quantitative estimate of drug-likeness (QED) is 0.664. The lowest BCUT2D eigenvalue weighted by Crippen LogP contribution is -1.90. The maximum atomic E-state index is 10.1. The zero-order chi connectivity index (χ0) is 9.68. The highest BCUT2D eigenvalue weighted by Gasteiger charge is 1.94. The Balaban J connectivity index is 2.59. The molecule has 0 aliphatic heterocycles. The first-order valence-corrected chi connectivity index (χ1v) is 5.85. The number of rotatable bonds is 4. The molecule has 0 aliphatic carbocycles. The Morgan fingerprint density at radius 2 is 1.69 bits per heavy atom. The predicted octanol–water partition coefficient (Wildman–Crippen LogP) is 1.62. The van der Waals surface area contributed by atoms with Crippen molar-refractivity contribution in [3.63, 3.8) is 0 Å². The van der Waals surface area contributed by atoms with E-state index in [1.807, 2.05) is 24.3 Å². The Morgan fingerprint density at radius 1 is 1.15 bits per heavy atom. The summed E-state index contributed by atoms with van der Waals surface area (Å²) in [5.74, 6) is 0. The lowest BCUT2D eigenvalue weighted by Gasteiger charge is -1.99. The van der Waals surface area contributed by atoms with E-state index in [1.165, 1.54) is 0 Å². The van der Waals surface area contributed by atoms with Crippen molar-refractivity contribution in [1.82, 2.24) is 0 Å². The molecule has 1 rings (SSSR count). The van der Waals surface area contributed by atoms with Gasteiger partial charge in [0.05, 0.1) is 6.61 Å². The second kappa shape index (κ2) is 5.36. The molecule has 3 nitrogen and oxygen atoms in total. The molecule has 0 atom stereocenters. The van der Waals surface area contributed by atoms with Crippen molar-refractivity contribution in [2.45, 2.75) is 11.9 Å².